The molecule has 1 unspecified atom stereocenters. The van der Waals surface area contributed by atoms with Gasteiger partial charge in [-0.1, -0.05) is 0 Å². The molecule has 1 aromatic rings. The monoisotopic (exact) mass is 263 g/mol. The summed E-state index contributed by atoms with van der Waals surface area (Å²) in [5.74, 6) is 0.952. The molecule has 4 heteroatoms. The molecule has 2 rings (SSSR count). The van der Waals surface area contributed by atoms with Crippen molar-refractivity contribution in [1.29, 1.82) is 0 Å². The molecule has 0 spiro atoms. The van der Waals surface area contributed by atoms with Crippen LogP contribution in [0.15, 0.2) is 18.2 Å². The molecule has 1 N–H and O–H groups in total. The number of nitrogens with zero attached hydrogens (tertiary/aromatic N) is 2. The van der Waals surface area contributed by atoms with Crippen LogP contribution < -0.4 is 15.0 Å². The van der Waals surface area contributed by atoms with E-state index in [1.807, 2.05) is 6.07 Å². The molecule has 0 radical (unpaired) electrons. The fraction of sp³-hybridized carbons (Fsp3) is 0.600. The number of methoxy groups -OCH3 is 1. The molecule has 4 nitrogen and oxygen atoms in total. The molecule has 1 aromatic carbocycles. The van der Waals surface area contributed by atoms with Crippen molar-refractivity contribution >= 4 is 5.69 Å². The average molecular weight is 263 g/mol. The third-order valence-corrected chi connectivity index (χ3v) is 3.95. The highest BCUT2D eigenvalue weighted by Gasteiger charge is 2.20. The normalized spacial score (nSPS) is 20.3. The van der Waals surface area contributed by atoms with E-state index in [0.717, 1.165) is 31.9 Å². The summed E-state index contributed by atoms with van der Waals surface area (Å²) in [4.78, 5) is 4.75. The van der Waals surface area contributed by atoms with E-state index >= 15 is 0 Å². The van der Waals surface area contributed by atoms with Gasteiger partial charge in [-0.15, -0.1) is 0 Å². The zero-order chi connectivity index (χ0) is 13.8. The highest BCUT2D eigenvalue weighted by Crippen LogP contribution is 2.23. The van der Waals surface area contributed by atoms with Crippen molar-refractivity contribution in [2.75, 3.05) is 52.3 Å². The van der Waals surface area contributed by atoms with E-state index < -0.39 is 0 Å². The van der Waals surface area contributed by atoms with Crippen molar-refractivity contribution in [3.63, 3.8) is 0 Å². The van der Waals surface area contributed by atoms with Crippen LogP contribution in [0.4, 0.5) is 5.69 Å². The lowest BCUT2D eigenvalue weighted by Gasteiger charge is -2.36. The second-order valence-electron chi connectivity index (χ2n) is 5.37. The van der Waals surface area contributed by atoms with Crippen LogP contribution in [-0.4, -0.2) is 58.3 Å². The van der Waals surface area contributed by atoms with Crippen LogP contribution in [0.2, 0.25) is 0 Å². The Morgan fingerprint density at radius 3 is 2.89 bits per heavy atom. The van der Waals surface area contributed by atoms with Crippen molar-refractivity contribution in [3.05, 3.63) is 23.8 Å². The van der Waals surface area contributed by atoms with Crippen molar-refractivity contribution in [3.8, 4) is 5.75 Å². The Morgan fingerprint density at radius 2 is 2.26 bits per heavy atom. The first-order chi connectivity index (χ1) is 9.11. The van der Waals surface area contributed by atoms with E-state index in [9.17, 15) is 0 Å². The first kappa shape index (κ1) is 14.2. The van der Waals surface area contributed by atoms with E-state index in [1.54, 1.807) is 7.11 Å². The lowest BCUT2D eigenvalue weighted by Crippen LogP contribution is -2.53. The number of likely N-dealkylation sites (N-methyl/N-ethyl adjacent to an activating group) is 2. The number of hydrogen-bond acceptors (Lipinski definition) is 4. The predicted octanol–water partition coefficient (Wildman–Crippen LogP) is 1.34. The molecule has 0 bridgehead atoms. The van der Waals surface area contributed by atoms with Gasteiger partial charge in [0, 0.05) is 45.0 Å². The summed E-state index contributed by atoms with van der Waals surface area (Å²) < 4.78 is 5.31. The van der Waals surface area contributed by atoms with Gasteiger partial charge in [0.05, 0.1) is 7.11 Å². The Hall–Kier alpha value is -1.26. The molecule has 1 aliphatic rings. The first-order valence-electron chi connectivity index (χ1n) is 6.88. The van der Waals surface area contributed by atoms with Crippen molar-refractivity contribution < 1.29 is 4.74 Å². The van der Waals surface area contributed by atoms with Gasteiger partial charge < -0.3 is 15.0 Å². The largest absolute Gasteiger partial charge is 0.496 e. The number of ether oxygens (including phenoxy) is 1. The van der Waals surface area contributed by atoms with E-state index in [4.69, 9.17) is 4.74 Å². The van der Waals surface area contributed by atoms with Crippen LogP contribution in [0.25, 0.3) is 0 Å². The molecule has 0 aromatic heterocycles. The molecule has 0 saturated carbocycles. The Balaban J connectivity index is 2.02. The van der Waals surface area contributed by atoms with Gasteiger partial charge in [0.15, 0.2) is 0 Å². The maximum Gasteiger partial charge on any atom is 0.121 e. The minimum atomic E-state index is 0.571. The van der Waals surface area contributed by atoms with Gasteiger partial charge in [-0.25, -0.2) is 0 Å². The number of piperazine rings is 1. The standard InChI is InChI=1S/C15H25N3O/c1-12-9-13(5-6-15(12)19-4)18(3)11-14-10-16-7-8-17(14)2/h5-6,9,14,16H,7-8,10-11H2,1-4H3. The van der Waals surface area contributed by atoms with E-state index in [0.29, 0.717) is 6.04 Å². The van der Waals surface area contributed by atoms with Crippen molar-refractivity contribution in [2.24, 2.45) is 0 Å². The minimum absolute atomic E-state index is 0.571. The number of hydrogen-bond donors (Lipinski definition) is 1. The molecule has 0 aliphatic carbocycles. The topological polar surface area (TPSA) is 27.7 Å². The quantitative estimate of drug-likeness (QED) is 0.887. The molecule has 1 saturated heterocycles. The Morgan fingerprint density at radius 1 is 1.47 bits per heavy atom. The molecule has 1 atom stereocenters. The Labute approximate surface area is 116 Å². The fourth-order valence-corrected chi connectivity index (χ4v) is 2.59. The summed E-state index contributed by atoms with van der Waals surface area (Å²) in [5.41, 5.74) is 2.43. The zero-order valence-electron chi connectivity index (χ0n) is 12.4. The van der Waals surface area contributed by atoms with Crippen LogP contribution in [0, 0.1) is 6.92 Å². The van der Waals surface area contributed by atoms with E-state index in [1.165, 1.54) is 11.3 Å². The van der Waals surface area contributed by atoms with Crippen LogP contribution >= 0.6 is 0 Å². The average Bonchev–Trinajstić information content (AvgIpc) is 2.41. The molecule has 19 heavy (non-hydrogen) atoms. The molecular formula is C15H25N3O. The smallest absolute Gasteiger partial charge is 0.121 e. The Bertz CT molecular complexity index is 422. The molecule has 0 amide bonds. The molecule has 1 fully saturated rings. The van der Waals surface area contributed by atoms with Gasteiger partial charge in [-0.2, -0.15) is 0 Å². The van der Waals surface area contributed by atoms with E-state index in [2.05, 4.69) is 48.3 Å². The predicted molar refractivity (Wildman–Crippen MR) is 80.3 cm³/mol. The summed E-state index contributed by atoms with van der Waals surface area (Å²) in [6.45, 7) is 6.41. The summed E-state index contributed by atoms with van der Waals surface area (Å²) in [6, 6.07) is 6.93. The second kappa shape index (κ2) is 6.26. The van der Waals surface area contributed by atoms with Crippen molar-refractivity contribution in [2.45, 2.75) is 13.0 Å². The summed E-state index contributed by atoms with van der Waals surface area (Å²) in [7, 11) is 6.08. The maximum atomic E-state index is 5.31. The first-order valence-corrected chi connectivity index (χ1v) is 6.88. The number of rotatable bonds is 4. The third-order valence-electron chi connectivity index (χ3n) is 3.95. The molecule has 1 heterocycles. The van der Waals surface area contributed by atoms with Crippen LogP contribution in [-0.2, 0) is 0 Å². The number of aryl methyl sites for hydroxylation is 1. The van der Waals surface area contributed by atoms with Gasteiger partial charge in [0.2, 0.25) is 0 Å². The minimum Gasteiger partial charge on any atom is -0.496 e. The van der Waals surface area contributed by atoms with Crippen LogP contribution in [0.1, 0.15) is 5.56 Å². The summed E-state index contributed by atoms with van der Waals surface area (Å²) in [6.07, 6.45) is 0. The number of benzene rings is 1. The maximum absolute atomic E-state index is 5.31. The van der Waals surface area contributed by atoms with E-state index in [-0.39, 0.29) is 0 Å². The third kappa shape index (κ3) is 3.39. The van der Waals surface area contributed by atoms with Gasteiger partial charge in [0.1, 0.15) is 5.75 Å². The second-order valence-corrected chi connectivity index (χ2v) is 5.37. The zero-order valence-corrected chi connectivity index (χ0v) is 12.4. The summed E-state index contributed by atoms with van der Waals surface area (Å²) in [5, 5.41) is 3.46. The summed E-state index contributed by atoms with van der Waals surface area (Å²) >= 11 is 0. The highest BCUT2D eigenvalue weighted by molar-refractivity contribution is 5.52. The lowest BCUT2D eigenvalue weighted by molar-refractivity contribution is 0.204. The van der Waals surface area contributed by atoms with Crippen LogP contribution in [0.5, 0.6) is 5.75 Å². The van der Waals surface area contributed by atoms with Gasteiger partial charge in [0.25, 0.3) is 0 Å². The number of anilines is 1. The van der Waals surface area contributed by atoms with Crippen LogP contribution in [0.3, 0.4) is 0 Å². The molecule has 1 aliphatic heterocycles. The Kier molecular flexibility index (Phi) is 4.66. The van der Waals surface area contributed by atoms with Gasteiger partial charge >= 0.3 is 0 Å². The number of nitrogens with one attached hydrogen (secondary N) is 1. The molecular weight excluding hydrogens is 238 g/mol. The van der Waals surface area contributed by atoms with Gasteiger partial charge in [-0.05, 0) is 37.7 Å². The lowest BCUT2D eigenvalue weighted by atomic mass is 10.1. The van der Waals surface area contributed by atoms with Gasteiger partial charge in [-0.3, -0.25) is 4.90 Å². The molecule has 106 valence electrons. The highest BCUT2D eigenvalue weighted by atomic mass is 16.5. The van der Waals surface area contributed by atoms with Crippen molar-refractivity contribution in [1.82, 2.24) is 10.2 Å². The fourth-order valence-electron chi connectivity index (χ4n) is 2.59. The SMILES string of the molecule is COc1ccc(N(C)CC2CNCCN2C)cc1C.